The van der Waals surface area contributed by atoms with E-state index in [4.69, 9.17) is 16.3 Å². The normalized spacial score (nSPS) is 32.3. The molecule has 3 aliphatic rings. The van der Waals surface area contributed by atoms with Gasteiger partial charge in [0.1, 0.15) is 17.6 Å². The van der Waals surface area contributed by atoms with Gasteiger partial charge >= 0.3 is 5.97 Å². The van der Waals surface area contributed by atoms with E-state index < -0.39 is 52.9 Å². The molecule has 2 amide bonds. The molecular weight excluding hydrogens is 484 g/mol. The number of hydrogen-bond acceptors (Lipinski definition) is 5. The SMILES string of the molecule is C=CCN(C(=O)C1N([C@@H](CO)[C@@H](C)CC)C(=O)[C@@H]2[C@@H](C(=O)O)[C@@]3(CC)CCC12O3)c1ccccc1Cl. The van der Waals surface area contributed by atoms with Crippen LogP contribution in [0.15, 0.2) is 36.9 Å². The highest BCUT2D eigenvalue weighted by atomic mass is 35.5. The van der Waals surface area contributed by atoms with Crippen LogP contribution in [0.1, 0.15) is 46.5 Å². The number of carboxylic acid groups (broad SMARTS) is 1. The summed E-state index contributed by atoms with van der Waals surface area (Å²) in [4.78, 5) is 44.1. The van der Waals surface area contributed by atoms with Crippen LogP contribution in [0.3, 0.4) is 0 Å². The number of nitrogens with zero attached hydrogens (tertiary/aromatic N) is 2. The van der Waals surface area contributed by atoms with Gasteiger partial charge in [-0.05, 0) is 37.3 Å². The first-order valence-electron chi connectivity index (χ1n) is 12.7. The Labute approximate surface area is 216 Å². The second kappa shape index (κ2) is 9.80. The molecule has 1 aromatic carbocycles. The number of rotatable bonds is 10. The van der Waals surface area contributed by atoms with Crippen molar-refractivity contribution < 1.29 is 29.3 Å². The van der Waals surface area contributed by atoms with Gasteiger partial charge in [0, 0.05) is 6.54 Å². The Bertz CT molecular complexity index is 1060. The molecule has 3 saturated heterocycles. The molecule has 1 spiro atoms. The molecule has 3 heterocycles. The molecule has 196 valence electrons. The van der Waals surface area contributed by atoms with Crippen LogP contribution in [-0.2, 0) is 19.1 Å². The third-order valence-electron chi connectivity index (χ3n) is 8.68. The molecule has 7 atom stereocenters. The summed E-state index contributed by atoms with van der Waals surface area (Å²) in [6.45, 7) is 9.31. The van der Waals surface area contributed by atoms with Gasteiger partial charge < -0.3 is 24.7 Å². The van der Waals surface area contributed by atoms with Gasteiger partial charge in [0.25, 0.3) is 5.91 Å². The third-order valence-corrected chi connectivity index (χ3v) is 9.00. The number of benzene rings is 1. The largest absolute Gasteiger partial charge is 0.481 e. The quantitative estimate of drug-likeness (QED) is 0.459. The molecule has 2 bridgehead atoms. The lowest BCUT2D eigenvalue weighted by Gasteiger charge is -2.41. The fourth-order valence-corrected chi connectivity index (χ4v) is 6.97. The summed E-state index contributed by atoms with van der Waals surface area (Å²) >= 11 is 6.47. The molecule has 4 rings (SSSR count). The number of aliphatic hydroxyl groups excluding tert-OH is 1. The molecular formula is C27H35ClN2O6. The van der Waals surface area contributed by atoms with Crippen molar-refractivity contribution in [2.45, 2.75) is 69.7 Å². The van der Waals surface area contributed by atoms with Crippen molar-refractivity contribution >= 4 is 35.1 Å². The van der Waals surface area contributed by atoms with E-state index in [-0.39, 0.29) is 19.1 Å². The van der Waals surface area contributed by atoms with Crippen molar-refractivity contribution in [1.82, 2.24) is 4.90 Å². The lowest BCUT2D eigenvalue weighted by molar-refractivity contribution is -0.158. The lowest BCUT2D eigenvalue weighted by atomic mass is 9.65. The molecule has 0 aromatic heterocycles. The molecule has 9 heteroatoms. The van der Waals surface area contributed by atoms with Gasteiger partial charge in [-0.1, -0.05) is 57.0 Å². The maximum Gasteiger partial charge on any atom is 0.310 e. The first kappa shape index (κ1) is 26.6. The average Bonchev–Trinajstić information content (AvgIpc) is 3.47. The maximum absolute atomic E-state index is 14.5. The van der Waals surface area contributed by atoms with E-state index in [0.29, 0.717) is 36.4 Å². The van der Waals surface area contributed by atoms with E-state index in [1.165, 1.54) is 9.80 Å². The van der Waals surface area contributed by atoms with Crippen LogP contribution in [0, 0.1) is 17.8 Å². The summed E-state index contributed by atoms with van der Waals surface area (Å²) < 4.78 is 6.60. The molecule has 0 saturated carbocycles. The topological polar surface area (TPSA) is 107 Å². The molecule has 0 aliphatic carbocycles. The second-order valence-electron chi connectivity index (χ2n) is 10.2. The number of hydrogen-bond donors (Lipinski definition) is 2. The first-order chi connectivity index (χ1) is 17.1. The number of amides is 2. The van der Waals surface area contributed by atoms with E-state index >= 15 is 0 Å². The Kier molecular flexibility index (Phi) is 7.25. The standard InChI is InChI=1S/C27H35ClN2O6/c1-5-14-29(18-11-9-8-10-17(18)28)24(33)22-27-13-12-26(7-3,36-27)21(25(34)35)20(27)23(32)30(22)19(15-31)16(4)6-2/h5,8-11,16,19-22,31H,1,6-7,12-15H2,2-4H3,(H,34,35)/t16-,19-,20-,21-,22?,26+,27?/m0/s1. The van der Waals surface area contributed by atoms with Crippen LogP contribution in [0.5, 0.6) is 0 Å². The van der Waals surface area contributed by atoms with Crippen molar-refractivity contribution in [2.75, 3.05) is 18.1 Å². The minimum atomic E-state index is -1.30. The van der Waals surface area contributed by atoms with Crippen molar-refractivity contribution in [3.8, 4) is 0 Å². The molecule has 1 aromatic rings. The molecule has 0 radical (unpaired) electrons. The van der Waals surface area contributed by atoms with E-state index in [1.807, 2.05) is 20.8 Å². The molecule has 2 N–H and O–H groups in total. The monoisotopic (exact) mass is 518 g/mol. The van der Waals surface area contributed by atoms with Gasteiger partial charge in [-0.3, -0.25) is 14.4 Å². The highest BCUT2D eigenvalue weighted by Crippen LogP contribution is 2.64. The van der Waals surface area contributed by atoms with Crippen LogP contribution in [0.2, 0.25) is 5.02 Å². The number of aliphatic hydroxyl groups is 1. The smallest absolute Gasteiger partial charge is 0.310 e. The summed E-state index contributed by atoms with van der Waals surface area (Å²) in [5.74, 6) is -4.14. The number of halogens is 1. The zero-order valence-electron chi connectivity index (χ0n) is 21.0. The fourth-order valence-electron chi connectivity index (χ4n) is 6.74. The van der Waals surface area contributed by atoms with Gasteiger partial charge in [0.2, 0.25) is 5.91 Å². The Balaban J connectivity index is 1.90. The average molecular weight is 519 g/mol. The molecule has 3 fully saturated rings. The van der Waals surface area contributed by atoms with Gasteiger partial charge in [-0.2, -0.15) is 0 Å². The van der Waals surface area contributed by atoms with Crippen LogP contribution >= 0.6 is 11.6 Å². The van der Waals surface area contributed by atoms with Gasteiger partial charge in [0.05, 0.1) is 34.9 Å². The lowest BCUT2D eigenvalue weighted by Crippen LogP contribution is -2.60. The predicted molar refractivity (Wildman–Crippen MR) is 136 cm³/mol. The van der Waals surface area contributed by atoms with Crippen LogP contribution in [-0.4, -0.2) is 69.3 Å². The number of likely N-dealkylation sites (tertiary alicyclic amines) is 1. The zero-order chi connectivity index (χ0) is 26.4. The predicted octanol–water partition coefficient (Wildman–Crippen LogP) is 3.51. The number of aliphatic carboxylic acids is 1. The highest BCUT2D eigenvalue weighted by molar-refractivity contribution is 6.34. The zero-order valence-corrected chi connectivity index (χ0v) is 21.8. The van der Waals surface area contributed by atoms with Gasteiger partial charge in [0.15, 0.2) is 0 Å². The Morgan fingerprint density at radius 2 is 2.03 bits per heavy atom. The Morgan fingerprint density at radius 1 is 1.33 bits per heavy atom. The van der Waals surface area contributed by atoms with Crippen molar-refractivity contribution in [3.63, 3.8) is 0 Å². The maximum atomic E-state index is 14.5. The Hall–Kier alpha value is -2.42. The van der Waals surface area contributed by atoms with E-state index in [1.54, 1.807) is 30.3 Å². The van der Waals surface area contributed by atoms with E-state index in [2.05, 4.69) is 6.58 Å². The van der Waals surface area contributed by atoms with Crippen molar-refractivity contribution in [2.24, 2.45) is 17.8 Å². The first-order valence-corrected chi connectivity index (χ1v) is 13.0. The summed E-state index contributed by atoms with van der Waals surface area (Å²) in [7, 11) is 0. The summed E-state index contributed by atoms with van der Waals surface area (Å²) in [6.07, 6.45) is 3.50. The number of carbonyl (C=O) groups excluding carboxylic acids is 2. The van der Waals surface area contributed by atoms with Crippen molar-refractivity contribution in [1.29, 1.82) is 0 Å². The summed E-state index contributed by atoms with van der Waals surface area (Å²) in [6, 6.07) is 5.16. The van der Waals surface area contributed by atoms with Crippen LogP contribution in [0.25, 0.3) is 0 Å². The second-order valence-corrected chi connectivity index (χ2v) is 10.6. The van der Waals surface area contributed by atoms with Gasteiger partial charge in [-0.15, -0.1) is 6.58 Å². The molecule has 3 aliphatic heterocycles. The summed E-state index contributed by atoms with van der Waals surface area (Å²) in [5, 5.41) is 21.0. The number of para-hydroxylation sites is 1. The highest BCUT2D eigenvalue weighted by Gasteiger charge is 2.79. The number of ether oxygens (including phenoxy) is 1. The molecule has 36 heavy (non-hydrogen) atoms. The fraction of sp³-hybridized carbons (Fsp3) is 0.593. The minimum Gasteiger partial charge on any atom is -0.481 e. The number of carboxylic acids is 1. The van der Waals surface area contributed by atoms with Gasteiger partial charge in [-0.25, -0.2) is 0 Å². The van der Waals surface area contributed by atoms with E-state index in [0.717, 1.165) is 0 Å². The Morgan fingerprint density at radius 3 is 2.58 bits per heavy atom. The van der Waals surface area contributed by atoms with E-state index in [9.17, 15) is 24.6 Å². The minimum absolute atomic E-state index is 0.127. The number of anilines is 1. The third kappa shape index (κ3) is 3.68. The van der Waals surface area contributed by atoms with Crippen LogP contribution in [0.4, 0.5) is 5.69 Å². The van der Waals surface area contributed by atoms with Crippen LogP contribution < -0.4 is 4.90 Å². The van der Waals surface area contributed by atoms with Crippen molar-refractivity contribution in [3.05, 3.63) is 41.9 Å². The molecule has 2 unspecified atom stereocenters. The molecule has 8 nitrogen and oxygen atoms in total. The summed E-state index contributed by atoms with van der Waals surface area (Å²) in [5.41, 5.74) is -1.84. The number of carbonyl (C=O) groups is 3. The number of fused-ring (bicyclic) bond motifs is 1.